The number of amides is 2. The number of carbonyl (C=O) groups is 1. The summed E-state index contributed by atoms with van der Waals surface area (Å²) in [5, 5.41) is 4.51. The molecule has 0 atom stereocenters. The molecule has 0 bridgehead atoms. The fraction of sp³-hybridized carbons (Fsp3) is 0.500. The van der Waals surface area contributed by atoms with Gasteiger partial charge in [-0.2, -0.15) is 4.31 Å². The largest absolute Gasteiger partial charge is 0.378 e. The molecule has 0 radical (unpaired) electrons. The SMILES string of the molecule is CC(C)CN(CCCNC(=O)N=O)S(=O)(=O)c1ccccc1. The number of urea groups is 1. The maximum absolute atomic E-state index is 12.6. The lowest BCUT2D eigenvalue weighted by atomic mass is 10.2. The van der Waals surface area contributed by atoms with Crippen molar-refractivity contribution in [1.29, 1.82) is 0 Å². The second-order valence-corrected chi connectivity index (χ2v) is 7.18. The van der Waals surface area contributed by atoms with E-state index in [0.717, 1.165) is 0 Å². The number of carbonyl (C=O) groups excluding carboxylic acids is 1. The molecular formula is C14H21N3O4S. The summed E-state index contributed by atoms with van der Waals surface area (Å²) in [6.45, 7) is 4.71. The quantitative estimate of drug-likeness (QED) is 0.585. The predicted octanol–water partition coefficient (Wildman–Crippen LogP) is 2.20. The Morgan fingerprint density at radius 2 is 1.91 bits per heavy atom. The molecule has 0 fully saturated rings. The molecule has 0 aliphatic rings. The Kier molecular flexibility index (Phi) is 7.13. The van der Waals surface area contributed by atoms with E-state index in [-0.39, 0.29) is 23.9 Å². The minimum Gasteiger partial charge on any atom is -0.334 e. The summed E-state index contributed by atoms with van der Waals surface area (Å²) in [6, 6.07) is 7.28. The highest BCUT2D eigenvalue weighted by Crippen LogP contribution is 2.17. The first-order valence-corrected chi connectivity index (χ1v) is 8.48. The lowest BCUT2D eigenvalue weighted by Crippen LogP contribution is -2.36. The summed E-state index contributed by atoms with van der Waals surface area (Å²) in [5.74, 6) is 0.171. The predicted molar refractivity (Wildman–Crippen MR) is 83.8 cm³/mol. The lowest BCUT2D eigenvalue weighted by molar-refractivity contribution is 0.248. The van der Waals surface area contributed by atoms with Gasteiger partial charge < -0.3 is 5.32 Å². The Balaban J connectivity index is 2.75. The molecule has 0 saturated carbocycles. The highest BCUT2D eigenvalue weighted by molar-refractivity contribution is 7.89. The number of nitrogens with one attached hydrogen (secondary N) is 1. The van der Waals surface area contributed by atoms with Crippen LogP contribution in [-0.2, 0) is 10.0 Å². The summed E-state index contributed by atoms with van der Waals surface area (Å²) in [7, 11) is -3.57. The summed E-state index contributed by atoms with van der Waals surface area (Å²) in [4.78, 5) is 20.9. The van der Waals surface area contributed by atoms with E-state index in [4.69, 9.17) is 0 Å². The first-order chi connectivity index (χ1) is 10.4. The molecule has 1 aromatic carbocycles. The first kappa shape index (κ1) is 18.2. The number of hydrogen-bond donors (Lipinski definition) is 1. The van der Waals surface area contributed by atoms with E-state index in [1.165, 1.54) is 4.31 Å². The van der Waals surface area contributed by atoms with Gasteiger partial charge in [0.1, 0.15) is 0 Å². The maximum Gasteiger partial charge on any atom is 0.378 e. The Hall–Kier alpha value is -1.80. The van der Waals surface area contributed by atoms with Crippen LogP contribution in [0.4, 0.5) is 4.79 Å². The molecule has 1 rings (SSSR count). The highest BCUT2D eigenvalue weighted by Gasteiger charge is 2.24. The smallest absolute Gasteiger partial charge is 0.334 e. The molecule has 0 unspecified atom stereocenters. The van der Waals surface area contributed by atoms with Crippen molar-refractivity contribution in [2.75, 3.05) is 19.6 Å². The van der Waals surface area contributed by atoms with Gasteiger partial charge in [-0.1, -0.05) is 32.0 Å². The van der Waals surface area contributed by atoms with E-state index in [0.29, 0.717) is 13.0 Å². The summed E-state index contributed by atoms with van der Waals surface area (Å²) < 4.78 is 26.6. The standard InChI is InChI=1S/C14H21N3O4S/c1-12(2)11-17(10-6-9-15-14(18)16-19)22(20,21)13-7-4-3-5-8-13/h3-5,7-8,12H,6,9-11H2,1-2H3,(H,15,18). The zero-order valence-corrected chi connectivity index (χ0v) is 13.5. The number of hydrogen-bond acceptors (Lipinski definition) is 4. The molecule has 122 valence electrons. The van der Waals surface area contributed by atoms with Crippen LogP contribution in [0.25, 0.3) is 0 Å². The Morgan fingerprint density at radius 3 is 2.45 bits per heavy atom. The van der Waals surface area contributed by atoms with Crippen LogP contribution >= 0.6 is 0 Å². The van der Waals surface area contributed by atoms with Crippen molar-refractivity contribution in [3.8, 4) is 0 Å². The molecule has 0 aliphatic heterocycles. The Bertz CT molecular complexity index is 587. The van der Waals surface area contributed by atoms with Crippen molar-refractivity contribution < 1.29 is 13.2 Å². The fourth-order valence-electron chi connectivity index (χ4n) is 1.94. The summed E-state index contributed by atoms with van der Waals surface area (Å²) in [6.07, 6.45) is 0.403. The third kappa shape index (κ3) is 5.53. The van der Waals surface area contributed by atoms with Crippen molar-refractivity contribution in [2.45, 2.75) is 25.2 Å². The first-order valence-electron chi connectivity index (χ1n) is 7.04. The topological polar surface area (TPSA) is 95.9 Å². The highest BCUT2D eigenvalue weighted by atomic mass is 32.2. The van der Waals surface area contributed by atoms with Gasteiger partial charge in [-0.05, 0) is 24.5 Å². The number of nitroso groups, excluding NO2 is 1. The van der Waals surface area contributed by atoms with Crippen LogP contribution in [0.5, 0.6) is 0 Å². The molecule has 1 aromatic rings. The maximum atomic E-state index is 12.6. The van der Waals surface area contributed by atoms with Gasteiger partial charge in [0.2, 0.25) is 10.0 Å². The zero-order valence-electron chi connectivity index (χ0n) is 12.7. The van der Waals surface area contributed by atoms with E-state index < -0.39 is 16.1 Å². The van der Waals surface area contributed by atoms with E-state index >= 15 is 0 Å². The second kappa shape index (κ2) is 8.60. The average Bonchev–Trinajstić information content (AvgIpc) is 2.50. The monoisotopic (exact) mass is 327 g/mol. The van der Waals surface area contributed by atoms with Crippen LogP contribution in [0.1, 0.15) is 20.3 Å². The molecule has 7 nitrogen and oxygen atoms in total. The van der Waals surface area contributed by atoms with Crippen molar-refractivity contribution in [2.24, 2.45) is 11.1 Å². The van der Waals surface area contributed by atoms with Crippen LogP contribution in [0, 0.1) is 10.8 Å². The zero-order chi connectivity index (χ0) is 16.6. The molecule has 22 heavy (non-hydrogen) atoms. The normalized spacial score (nSPS) is 11.6. The molecule has 8 heteroatoms. The van der Waals surface area contributed by atoms with Crippen LogP contribution in [0.3, 0.4) is 0 Å². The molecule has 0 heterocycles. The molecule has 0 aliphatic carbocycles. The van der Waals surface area contributed by atoms with E-state index in [2.05, 4.69) is 10.5 Å². The van der Waals surface area contributed by atoms with Crippen molar-refractivity contribution in [3.63, 3.8) is 0 Å². The summed E-state index contributed by atoms with van der Waals surface area (Å²) >= 11 is 0. The molecule has 0 aromatic heterocycles. The number of nitrogens with zero attached hydrogens (tertiary/aromatic N) is 2. The summed E-state index contributed by atoms with van der Waals surface area (Å²) in [5.41, 5.74) is 0. The molecule has 1 N–H and O–H groups in total. The molecule has 0 saturated heterocycles. The van der Waals surface area contributed by atoms with E-state index in [1.807, 2.05) is 13.8 Å². The minimum absolute atomic E-state index is 0.171. The lowest BCUT2D eigenvalue weighted by Gasteiger charge is -2.24. The van der Waals surface area contributed by atoms with Gasteiger partial charge in [-0.25, -0.2) is 13.2 Å². The van der Waals surface area contributed by atoms with E-state index in [1.54, 1.807) is 30.3 Å². The van der Waals surface area contributed by atoms with Gasteiger partial charge in [0.15, 0.2) is 0 Å². The van der Waals surface area contributed by atoms with Gasteiger partial charge in [-0.3, -0.25) is 0 Å². The van der Waals surface area contributed by atoms with Crippen LogP contribution in [-0.4, -0.2) is 38.4 Å². The van der Waals surface area contributed by atoms with Crippen LogP contribution in [0.15, 0.2) is 40.4 Å². The van der Waals surface area contributed by atoms with Crippen molar-refractivity contribution >= 4 is 16.1 Å². The minimum atomic E-state index is -3.57. The van der Waals surface area contributed by atoms with Gasteiger partial charge in [0, 0.05) is 24.8 Å². The number of benzene rings is 1. The Labute approximate surface area is 130 Å². The number of rotatable bonds is 8. The van der Waals surface area contributed by atoms with E-state index in [9.17, 15) is 18.1 Å². The van der Waals surface area contributed by atoms with Gasteiger partial charge in [-0.15, -0.1) is 4.91 Å². The van der Waals surface area contributed by atoms with Crippen LogP contribution < -0.4 is 5.32 Å². The third-order valence-electron chi connectivity index (χ3n) is 2.89. The van der Waals surface area contributed by atoms with Gasteiger partial charge in [0.25, 0.3) is 0 Å². The molecule has 2 amide bonds. The number of sulfonamides is 1. The van der Waals surface area contributed by atoms with Gasteiger partial charge in [0.05, 0.1) is 4.90 Å². The molecular weight excluding hydrogens is 306 g/mol. The van der Waals surface area contributed by atoms with Gasteiger partial charge >= 0.3 is 6.03 Å². The van der Waals surface area contributed by atoms with Crippen LogP contribution in [0.2, 0.25) is 0 Å². The third-order valence-corrected chi connectivity index (χ3v) is 4.77. The van der Waals surface area contributed by atoms with Crippen molar-refractivity contribution in [3.05, 3.63) is 35.2 Å². The second-order valence-electron chi connectivity index (χ2n) is 5.25. The molecule has 0 spiro atoms. The fourth-order valence-corrected chi connectivity index (χ4v) is 3.60. The van der Waals surface area contributed by atoms with Crippen molar-refractivity contribution in [1.82, 2.24) is 9.62 Å². The average molecular weight is 327 g/mol. The Morgan fingerprint density at radius 1 is 1.27 bits per heavy atom.